The highest BCUT2D eigenvalue weighted by atomic mass is 32.2. The summed E-state index contributed by atoms with van der Waals surface area (Å²) in [5, 5.41) is 5.43. The summed E-state index contributed by atoms with van der Waals surface area (Å²) in [6.07, 6.45) is 5.35. The Bertz CT molecular complexity index is 1300. The molecule has 5 nitrogen and oxygen atoms in total. The maximum atomic E-state index is 12.3. The number of rotatable bonds is 2. The quantitative estimate of drug-likeness (QED) is 0.512. The Morgan fingerprint density at radius 1 is 0.929 bits per heavy atom. The fourth-order valence-corrected chi connectivity index (χ4v) is 3.90. The maximum Gasteiger partial charge on any atom is 0.264 e. The van der Waals surface area contributed by atoms with E-state index < -0.39 is 0 Å². The van der Waals surface area contributed by atoms with Gasteiger partial charge in [0.2, 0.25) is 0 Å². The van der Waals surface area contributed by atoms with E-state index in [0.29, 0.717) is 15.8 Å². The summed E-state index contributed by atoms with van der Waals surface area (Å²) in [4.78, 5) is 26.2. The first kappa shape index (κ1) is 16.6. The number of carbonyl (C=O) groups is 1. The van der Waals surface area contributed by atoms with Crippen molar-refractivity contribution in [1.29, 1.82) is 0 Å². The van der Waals surface area contributed by atoms with Gasteiger partial charge in [-0.15, -0.1) is 0 Å². The Labute approximate surface area is 165 Å². The van der Waals surface area contributed by atoms with Crippen LogP contribution in [0.25, 0.3) is 27.9 Å². The third-order valence-electron chi connectivity index (χ3n) is 4.38. The number of thioether (sulfide) groups is 1. The first-order chi connectivity index (χ1) is 13.7. The van der Waals surface area contributed by atoms with Crippen LogP contribution in [-0.4, -0.2) is 21.0 Å². The zero-order valence-corrected chi connectivity index (χ0v) is 15.5. The van der Waals surface area contributed by atoms with Crippen LogP contribution in [0.2, 0.25) is 0 Å². The Hall–Kier alpha value is -3.51. The van der Waals surface area contributed by atoms with E-state index in [9.17, 15) is 4.79 Å². The SMILES string of the molecule is O=C1NC(=Nc2cnc3ccccc3c2)S/C1=C\c1ccc2ncccc2c1. The van der Waals surface area contributed by atoms with Crippen molar-refractivity contribution < 1.29 is 4.79 Å². The van der Waals surface area contributed by atoms with Crippen LogP contribution < -0.4 is 5.32 Å². The highest BCUT2D eigenvalue weighted by Crippen LogP contribution is 2.29. The van der Waals surface area contributed by atoms with Crippen LogP contribution in [0.1, 0.15) is 5.56 Å². The van der Waals surface area contributed by atoms with Crippen molar-refractivity contribution in [2.24, 2.45) is 4.99 Å². The molecule has 0 spiro atoms. The predicted octanol–water partition coefficient (Wildman–Crippen LogP) is 4.67. The number of fused-ring (bicyclic) bond motifs is 2. The number of hydrogen-bond acceptors (Lipinski definition) is 5. The van der Waals surface area contributed by atoms with Crippen molar-refractivity contribution in [1.82, 2.24) is 15.3 Å². The monoisotopic (exact) mass is 382 g/mol. The number of aliphatic imine (C=N–C) groups is 1. The number of benzene rings is 2. The normalized spacial score (nSPS) is 16.9. The molecule has 1 saturated heterocycles. The van der Waals surface area contributed by atoms with Crippen molar-refractivity contribution in [2.75, 3.05) is 0 Å². The highest BCUT2D eigenvalue weighted by molar-refractivity contribution is 8.18. The van der Waals surface area contributed by atoms with Gasteiger partial charge in [0.25, 0.3) is 5.91 Å². The Morgan fingerprint density at radius 3 is 2.71 bits per heavy atom. The molecular formula is C22H14N4OS. The molecule has 0 aliphatic carbocycles. The first-order valence-electron chi connectivity index (χ1n) is 8.74. The van der Waals surface area contributed by atoms with Gasteiger partial charge in [-0.25, -0.2) is 4.99 Å². The number of nitrogens with zero attached hydrogens (tertiary/aromatic N) is 3. The second-order valence-corrected chi connectivity index (χ2v) is 7.35. The van der Waals surface area contributed by atoms with Gasteiger partial charge in [0.1, 0.15) is 0 Å². The van der Waals surface area contributed by atoms with Gasteiger partial charge in [0.15, 0.2) is 5.17 Å². The number of aromatic nitrogens is 2. The lowest BCUT2D eigenvalue weighted by atomic mass is 10.1. The van der Waals surface area contributed by atoms with E-state index in [2.05, 4.69) is 20.3 Å². The van der Waals surface area contributed by atoms with Crippen LogP contribution in [0.3, 0.4) is 0 Å². The summed E-state index contributed by atoms with van der Waals surface area (Å²) in [7, 11) is 0. The molecule has 2 aromatic heterocycles. The standard InChI is InChI=1S/C22H14N4OS/c27-21-20(11-14-7-8-19-15(10-14)5-3-9-23-19)28-22(26-21)25-17-12-16-4-1-2-6-18(16)24-13-17/h1-13H,(H,25,26,27)/b20-11-. The van der Waals surface area contributed by atoms with Crippen LogP contribution in [-0.2, 0) is 4.79 Å². The molecule has 3 heterocycles. The van der Waals surface area contributed by atoms with E-state index in [1.54, 1.807) is 12.4 Å². The smallest absolute Gasteiger partial charge is 0.264 e. The van der Waals surface area contributed by atoms with Crippen molar-refractivity contribution in [2.45, 2.75) is 0 Å². The Morgan fingerprint density at radius 2 is 1.75 bits per heavy atom. The largest absolute Gasteiger partial charge is 0.300 e. The van der Waals surface area contributed by atoms with Crippen LogP contribution in [0.5, 0.6) is 0 Å². The fraction of sp³-hybridized carbons (Fsp3) is 0. The molecule has 1 amide bonds. The fourth-order valence-electron chi connectivity index (χ4n) is 3.05. The molecule has 0 atom stereocenters. The number of carbonyl (C=O) groups excluding carboxylic acids is 1. The van der Waals surface area contributed by atoms with Gasteiger partial charge in [-0.05, 0) is 53.7 Å². The molecule has 0 saturated carbocycles. The van der Waals surface area contributed by atoms with Gasteiger partial charge in [-0.2, -0.15) is 0 Å². The molecule has 134 valence electrons. The number of hydrogen-bond donors (Lipinski definition) is 1. The van der Waals surface area contributed by atoms with Gasteiger partial charge < -0.3 is 5.32 Å². The lowest BCUT2D eigenvalue weighted by Gasteiger charge is -1.99. The molecule has 1 aliphatic rings. The average molecular weight is 382 g/mol. The topological polar surface area (TPSA) is 67.2 Å². The Kier molecular flexibility index (Phi) is 4.10. The summed E-state index contributed by atoms with van der Waals surface area (Å²) < 4.78 is 0. The van der Waals surface area contributed by atoms with Crippen LogP contribution >= 0.6 is 11.8 Å². The lowest BCUT2D eigenvalue weighted by molar-refractivity contribution is -0.115. The molecule has 5 rings (SSSR count). The minimum Gasteiger partial charge on any atom is -0.300 e. The molecule has 2 aromatic carbocycles. The summed E-state index contributed by atoms with van der Waals surface area (Å²) in [5.74, 6) is -0.149. The molecule has 0 radical (unpaired) electrons. The number of para-hydroxylation sites is 1. The second-order valence-electron chi connectivity index (χ2n) is 6.32. The number of amidine groups is 1. The molecule has 4 aromatic rings. The molecule has 1 aliphatic heterocycles. The minimum atomic E-state index is -0.149. The van der Waals surface area contributed by atoms with E-state index in [1.165, 1.54) is 11.8 Å². The van der Waals surface area contributed by atoms with E-state index >= 15 is 0 Å². The van der Waals surface area contributed by atoms with Gasteiger partial charge in [-0.1, -0.05) is 30.3 Å². The van der Waals surface area contributed by atoms with Crippen molar-refractivity contribution in [3.63, 3.8) is 0 Å². The third-order valence-corrected chi connectivity index (χ3v) is 5.29. The third kappa shape index (κ3) is 3.25. The first-order valence-corrected chi connectivity index (χ1v) is 9.55. The van der Waals surface area contributed by atoms with Crippen LogP contribution in [0.15, 0.2) is 83.0 Å². The van der Waals surface area contributed by atoms with Gasteiger partial charge in [-0.3, -0.25) is 14.8 Å². The van der Waals surface area contributed by atoms with Gasteiger partial charge in [0, 0.05) is 17.0 Å². The van der Waals surface area contributed by atoms with E-state index in [1.807, 2.05) is 66.7 Å². The van der Waals surface area contributed by atoms with E-state index in [-0.39, 0.29) is 5.91 Å². The summed E-state index contributed by atoms with van der Waals surface area (Å²) in [6.45, 7) is 0. The predicted molar refractivity (Wildman–Crippen MR) is 114 cm³/mol. The van der Waals surface area contributed by atoms with Crippen molar-refractivity contribution >= 4 is 56.4 Å². The minimum absolute atomic E-state index is 0.149. The summed E-state index contributed by atoms with van der Waals surface area (Å²) in [5.41, 5.74) is 3.51. The van der Waals surface area contributed by atoms with Crippen molar-refractivity contribution in [3.05, 3.63) is 83.5 Å². The average Bonchev–Trinajstić information content (AvgIpc) is 3.06. The van der Waals surface area contributed by atoms with Gasteiger partial charge in [0.05, 0.1) is 27.8 Å². The molecule has 28 heavy (non-hydrogen) atoms. The van der Waals surface area contributed by atoms with Crippen molar-refractivity contribution in [3.8, 4) is 0 Å². The number of pyridine rings is 2. The molecule has 0 unspecified atom stereocenters. The molecule has 0 bridgehead atoms. The highest BCUT2D eigenvalue weighted by Gasteiger charge is 2.23. The zero-order chi connectivity index (χ0) is 18.9. The van der Waals surface area contributed by atoms with Gasteiger partial charge >= 0.3 is 0 Å². The molecule has 1 fully saturated rings. The van der Waals surface area contributed by atoms with Crippen LogP contribution in [0, 0.1) is 0 Å². The zero-order valence-electron chi connectivity index (χ0n) is 14.7. The summed E-state index contributed by atoms with van der Waals surface area (Å²) >= 11 is 1.33. The molecule has 6 heteroatoms. The molecule has 1 N–H and O–H groups in total. The maximum absolute atomic E-state index is 12.3. The van der Waals surface area contributed by atoms with Crippen LogP contribution in [0.4, 0.5) is 5.69 Å². The molecular weight excluding hydrogens is 368 g/mol. The second kappa shape index (κ2) is 6.90. The number of amides is 1. The Balaban J connectivity index is 1.43. The summed E-state index contributed by atoms with van der Waals surface area (Å²) in [6, 6.07) is 19.7. The lowest BCUT2D eigenvalue weighted by Crippen LogP contribution is -2.19. The van der Waals surface area contributed by atoms with E-state index in [0.717, 1.165) is 27.4 Å². The van der Waals surface area contributed by atoms with E-state index in [4.69, 9.17) is 0 Å². The number of nitrogens with one attached hydrogen (secondary N) is 1.